The maximum absolute atomic E-state index is 10.4. The smallest absolute Gasteiger partial charge is 0.404 e. The number of aromatic nitrogens is 1. The van der Waals surface area contributed by atoms with Crippen LogP contribution in [0.3, 0.4) is 0 Å². The van der Waals surface area contributed by atoms with E-state index in [1.807, 2.05) is 26.0 Å². The summed E-state index contributed by atoms with van der Waals surface area (Å²) in [6.45, 7) is 4.33. The van der Waals surface area contributed by atoms with Gasteiger partial charge in [0.15, 0.2) is 0 Å². The van der Waals surface area contributed by atoms with Crippen molar-refractivity contribution >= 4 is 6.09 Å². The van der Waals surface area contributed by atoms with Gasteiger partial charge in [-0.25, -0.2) is 4.79 Å². The van der Waals surface area contributed by atoms with Crippen LogP contribution >= 0.6 is 0 Å². The summed E-state index contributed by atoms with van der Waals surface area (Å²) in [4.78, 5) is 14.4. The molecule has 0 aromatic carbocycles. The molecule has 4 nitrogen and oxygen atoms in total. The van der Waals surface area contributed by atoms with Gasteiger partial charge in [-0.1, -0.05) is 19.9 Å². The van der Waals surface area contributed by atoms with Gasteiger partial charge in [-0.2, -0.15) is 0 Å². The van der Waals surface area contributed by atoms with E-state index < -0.39 is 6.09 Å². The highest BCUT2D eigenvalue weighted by Gasteiger charge is 2.21. The number of hydrogen-bond donors (Lipinski definition) is 2. The largest absolute Gasteiger partial charge is 0.465 e. The average molecular weight is 194 g/mol. The molecule has 1 rings (SSSR count). The van der Waals surface area contributed by atoms with E-state index in [2.05, 4.69) is 10.3 Å². The Morgan fingerprint density at radius 1 is 1.64 bits per heavy atom. The Morgan fingerprint density at radius 3 is 2.86 bits per heavy atom. The van der Waals surface area contributed by atoms with E-state index in [0.29, 0.717) is 6.54 Å². The summed E-state index contributed by atoms with van der Waals surface area (Å²) in [5.41, 5.74) is 0.792. The third-order valence-electron chi connectivity index (χ3n) is 2.12. The van der Waals surface area contributed by atoms with Crippen LogP contribution < -0.4 is 5.32 Å². The van der Waals surface area contributed by atoms with Gasteiger partial charge in [-0.05, 0) is 11.6 Å². The summed E-state index contributed by atoms with van der Waals surface area (Å²) in [6.07, 6.45) is 2.45. The number of carboxylic acid groups (broad SMARTS) is 1. The van der Waals surface area contributed by atoms with Crippen LogP contribution in [0.15, 0.2) is 24.5 Å². The van der Waals surface area contributed by atoms with Crippen molar-refractivity contribution in [3.05, 3.63) is 30.1 Å². The van der Waals surface area contributed by atoms with E-state index in [9.17, 15) is 4.79 Å². The molecule has 0 radical (unpaired) electrons. The lowest BCUT2D eigenvalue weighted by Crippen LogP contribution is -2.35. The molecule has 14 heavy (non-hydrogen) atoms. The molecule has 0 spiro atoms. The standard InChI is InChI=1S/C10H14N2O2/c1-10(2,7-12-9(13)14)8-4-3-5-11-6-8/h3-6,12H,7H2,1-2H3,(H,13,14). The fourth-order valence-electron chi connectivity index (χ4n) is 1.16. The minimum absolute atomic E-state index is 0.230. The zero-order chi connectivity index (χ0) is 10.6. The first-order valence-corrected chi connectivity index (χ1v) is 4.40. The number of nitrogens with one attached hydrogen (secondary N) is 1. The molecule has 1 heterocycles. The Labute approximate surface area is 83.0 Å². The lowest BCUT2D eigenvalue weighted by molar-refractivity contribution is 0.192. The third-order valence-corrected chi connectivity index (χ3v) is 2.12. The summed E-state index contributed by atoms with van der Waals surface area (Å²) in [5.74, 6) is 0. The quantitative estimate of drug-likeness (QED) is 0.768. The molecule has 0 aliphatic heterocycles. The highest BCUT2D eigenvalue weighted by molar-refractivity contribution is 5.64. The van der Waals surface area contributed by atoms with Crippen molar-refractivity contribution in [3.63, 3.8) is 0 Å². The van der Waals surface area contributed by atoms with E-state index >= 15 is 0 Å². The Morgan fingerprint density at radius 2 is 2.36 bits per heavy atom. The number of nitrogens with zero attached hydrogens (tertiary/aromatic N) is 1. The predicted octanol–water partition coefficient (Wildman–Crippen LogP) is 1.63. The molecule has 0 unspecified atom stereocenters. The van der Waals surface area contributed by atoms with Crippen molar-refractivity contribution in [2.75, 3.05) is 6.54 Å². The molecule has 0 saturated carbocycles. The van der Waals surface area contributed by atoms with Gasteiger partial charge < -0.3 is 10.4 Å². The molecule has 1 amide bonds. The predicted molar refractivity (Wildman–Crippen MR) is 53.3 cm³/mol. The van der Waals surface area contributed by atoms with Gasteiger partial charge in [0.05, 0.1) is 0 Å². The van der Waals surface area contributed by atoms with Crippen molar-refractivity contribution in [1.29, 1.82) is 0 Å². The summed E-state index contributed by atoms with van der Waals surface area (Å²) in [5, 5.41) is 10.9. The zero-order valence-corrected chi connectivity index (χ0v) is 8.32. The van der Waals surface area contributed by atoms with Crippen LogP contribution in [0.5, 0.6) is 0 Å². The molecule has 1 aromatic rings. The van der Waals surface area contributed by atoms with Gasteiger partial charge in [-0.3, -0.25) is 4.98 Å². The minimum Gasteiger partial charge on any atom is -0.465 e. The molecule has 2 N–H and O–H groups in total. The SMILES string of the molecule is CC(C)(CNC(=O)O)c1cccnc1. The van der Waals surface area contributed by atoms with E-state index in [1.165, 1.54) is 0 Å². The van der Waals surface area contributed by atoms with Crippen molar-refractivity contribution in [2.45, 2.75) is 19.3 Å². The second-order valence-corrected chi connectivity index (χ2v) is 3.78. The molecule has 4 heteroatoms. The van der Waals surface area contributed by atoms with Crippen LogP contribution in [0.1, 0.15) is 19.4 Å². The Kier molecular flexibility index (Phi) is 3.06. The zero-order valence-electron chi connectivity index (χ0n) is 8.32. The maximum Gasteiger partial charge on any atom is 0.404 e. The molecular weight excluding hydrogens is 180 g/mol. The van der Waals surface area contributed by atoms with Crippen molar-refractivity contribution < 1.29 is 9.90 Å². The molecule has 0 saturated heterocycles. The van der Waals surface area contributed by atoms with E-state index in [4.69, 9.17) is 5.11 Å². The molecule has 0 atom stereocenters. The summed E-state index contributed by atoms with van der Waals surface area (Å²) in [7, 11) is 0. The van der Waals surface area contributed by atoms with Gasteiger partial charge in [0, 0.05) is 24.4 Å². The molecule has 0 fully saturated rings. The molecule has 0 aliphatic carbocycles. The molecule has 76 valence electrons. The summed E-state index contributed by atoms with van der Waals surface area (Å²) >= 11 is 0. The highest BCUT2D eigenvalue weighted by Crippen LogP contribution is 2.20. The van der Waals surface area contributed by atoms with Crippen LogP contribution in [0.2, 0.25) is 0 Å². The van der Waals surface area contributed by atoms with E-state index in [1.54, 1.807) is 12.4 Å². The average Bonchev–Trinajstić information content (AvgIpc) is 2.16. The van der Waals surface area contributed by atoms with Crippen molar-refractivity contribution in [2.24, 2.45) is 0 Å². The van der Waals surface area contributed by atoms with Gasteiger partial charge in [0.25, 0.3) is 0 Å². The summed E-state index contributed by atoms with van der Waals surface area (Å²) in [6, 6.07) is 3.79. The van der Waals surface area contributed by atoms with Gasteiger partial charge >= 0.3 is 6.09 Å². The monoisotopic (exact) mass is 194 g/mol. The van der Waals surface area contributed by atoms with Gasteiger partial charge in [0.2, 0.25) is 0 Å². The molecule has 0 bridgehead atoms. The van der Waals surface area contributed by atoms with Gasteiger partial charge in [-0.15, -0.1) is 0 Å². The first-order valence-electron chi connectivity index (χ1n) is 4.40. The second kappa shape index (κ2) is 4.09. The van der Waals surface area contributed by atoms with Crippen LogP contribution in [0.4, 0.5) is 4.79 Å². The Bertz CT molecular complexity index is 309. The Hall–Kier alpha value is -1.58. The van der Waals surface area contributed by atoms with E-state index in [-0.39, 0.29) is 5.41 Å². The van der Waals surface area contributed by atoms with Crippen LogP contribution in [-0.2, 0) is 5.41 Å². The number of carbonyl (C=O) groups is 1. The van der Waals surface area contributed by atoms with Crippen molar-refractivity contribution in [1.82, 2.24) is 10.3 Å². The van der Waals surface area contributed by atoms with Crippen molar-refractivity contribution in [3.8, 4) is 0 Å². The highest BCUT2D eigenvalue weighted by atomic mass is 16.4. The molecule has 1 aromatic heterocycles. The Balaban J connectivity index is 2.70. The number of hydrogen-bond acceptors (Lipinski definition) is 2. The maximum atomic E-state index is 10.4. The molecular formula is C10H14N2O2. The lowest BCUT2D eigenvalue weighted by Gasteiger charge is -2.24. The number of pyridine rings is 1. The van der Waals surface area contributed by atoms with Crippen LogP contribution in [0.25, 0.3) is 0 Å². The third kappa shape index (κ3) is 2.73. The second-order valence-electron chi connectivity index (χ2n) is 3.78. The fraction of sp³-hybridized carbons (Fsp3) is 0.400. The lowest BCUT2D eigenvalue weighted by atomic mass is 9.86. The first kappa shape index (κ1) is 10.5. The minimum atomic E-state index is -0.998. The topological polar surface area (TPSA) is 62.2 Å². The number of rotatable bonds is 3. The number of amides is 1. The van der Waals surface area contributed by atoms with Crippen LogP contribution in [0, 0.1) is 0 Å². The molecule has 0 aliphatic rings. The van der Waals surface area contributed by atoms with Gasteiger partial charge in [0.1, 0.15) is 0 Å². The van der Waals surface area contributed by atoms with E-state index in [0.717, 1.165) is 5.56 Å². The van der Waals surface area contributed by atoms with Crippen LogP contribution in [-0.4, -0.2) is 22.7 Å². The summed E-state index contributed by atoms with van der Waals surface area (Å²) < 4.78 is 0. The fourth-order valence-corrected chi connectivity index (χ4v) is 1.16. The normalized spacial score (nSPS) is 11.0. The first-order chi connectivity index (χ1) is 6.52.